The zero-order valence-electron chi connectivity index (χ0n) is 9.97. The molecule has 0 aliphatic heterocycles. The van der Waals surface area contributed by atoms with Crippen molar-refractivity contribution in [3.8, 4) is 0 Å². The molecule has 0 saturated heterocycles. The van der Waals surface area contributed by atoms with Crippen LogP contribution in [0.3, 0.4) is 0 Å². The van der Waals surface area contributed by atoms with Crippen molar-refractivity contribution in [2.75, 3.05) is 0 Å². The van der Waals surface area contributed by atoms with Crippen molar-refractivity contribution in [3.05, 3.63) is 0 Å². The van der Waals surface area contributed by atoms with Crippen molar-refractivity contribution < 1.29 is 0 Å². The third-order valence-electron chi connectivity index (χ3n) is 4.70. The van der Waals surface area contributed by atoms with Crippen LogP contribution in [-0.2, 0) is 0 Å². The van der Waals surface area contributed by atoms with Gasteiger partial charge in [0.2, 0.25) is 0 Å². The summed E-state index contributed by atoms with van der Waals surface area (Å²) >= 11 is 0. The van der Waals surface area contributed by atoms with Gasteiger partial charge in [-0.05, 0) is 50.9 Å². The topological polar surface area (TPSA) is 12.0 Å². The molecule has 2 rings (SSSR count). The van der Waals surface area contributed by atoms with Crippen molar-refractivity contribution in [1.29, 1.82) is 0 Å². The van der Waals surface area contributed by atoms with Gasteiger partial charge >= 0.3 is 0 Å². The molecule has 1 nitrogen and oxygen atoms in total. The minimum Gasteiger partial charge on any atom is -0.311 e. The highest BCUT2D eigenvalue weighted by Crippen LogP contribution is 2.48. The standard InChI is InChI=1S/C13H25N/c1-10(12-6-4-5-7-12)14-11(2)13(3)8-9-13/h10-12,14H,4-9H2,1-3H3. The third kappa shape index (κ3) is 2.13. The molecule has 1 heteroatoms. The van der Waals surface area contributed by atoms with Crippen molar-refractivity contribution in [3.63, 3.8) is 0 Å². The molecule has 2 atom stereocenters. The van der Waals surface area contributed by atoms with Crippen LogP contribution >= 0.6 is 0 Å². The summed E-state index contributed by atoms with van der Waals surface area (Å²) in [4.78, 5) is 0. The molecule has 2 fully saturated rings. The van der Waals surface area contributed by atoms with E-state index in [0.29, 0.717) is 5.41 Å². The first-order valence-electron chi connectivity index (χ1n) is 6.38. The third-order valence-corrected chi connectivity index (χ3v) is 4.70. The summed E-state index contributed by atoms with van der Waals surface area (Å²) in [6.07, 6.45) is 8.69. The van der Waals surface area contributed by atoms with Crippen molar-refractivity contribution in [1.82, 2.24) is 5.32 Å². The van der Waals surface area contributed by atoms with E-state index in [2.05, 4.69) is 26.1 Å². The Bertz CT molecular complexity index is 189. The molecule has 0 radical (unpaired) electrons. The Morgan fingerprint density at radius 2 is 1.71 bits per heavy atom. The number of rotatable bonds is 4. The van der Waals surface area contributed by atoms with Crippen molar-refractivity contribution in [2.24, 2.45) is 11.3 Å². The van der Waals surface area contributed by atoms with Crippen LogP contribution in [-0.4, -0.2) is 12.1 Å². The molecule has 0 aromatic rings. The Hall–Kier alpha value is -0.0400. The van der Waals surface area contributed by atoms with Crippen LogP contribution in [0.15, 0.2) is 0 Å². The van der Waals surface area contributed by atoms with Crippen LogP contribution in [0.2, 0.25) is 0 Å². The van der Waals surface area contributed by atoms with Gasteiger partial charge in [-0.1, -0.05) is 19.8 Å². The maximum atomic E-state index is 3.82. The highest BCUT2D eigenvalue weighted by atomic mass is 15.0. The molecule has 0 heterocycles. The lowest BCUT2D eigenvalue weighted by molar-refractivity contribution is 0.291. The lowest BCUT2D eigenvalue weighted by atomic mass is 9.95. The van der Waals surface area contributed by atoms with E-state index in [0.717, 1.165) is 18.0 Å². The van der Waals surface area contributed by atoms with E-state index in [-0.39, 0.29) is 0 Å². The second-order valence-electron chi connectivity index (χ2n) is 5.88. The Kier molecular flexibility index (Phi) is 2.88. The van der Waals surface area contributed by atoms with Gasteiger partial charge in [-0.25, -0.2) is 0 Å². The van der Waals surface area contributed by atoms with E-state index in [9.17, 15) is 0 Å². The summed E-state index contributed by atoms with van der Waals surface area (Å²) in [5.41, 5.74) is 0.632. The van der Waals surface area contributed by atoms with Gasteiger partial charge in [-0.2, -0.15) is 0 Å². The summed E-state index contributed by atoms with van der Waals surface area (Å²) in [7, 11) is 0. The second kappa shape index (κ2) is 3.84. The molecule has 1 N–H and O–H groups in total. The summed E-state index contributed by atoms with van der Waals surface area (Å²) < 4.78 is 0. The first-order valence-corrected chi connectivity index (χ1v) is 6.38. The molecule has 2 aliphatic rings. The van der Waals surface area contributed by atoms with E-state index >= 15 is 0 Å². The van der Waals surface area contributed by atoms with E-state index in [1.54, 1.807) is 0 Å². The largest absolute Gasteiger partial charge is 0.311 e. The molecule has 0 aromatic carbocycles. The number of hydrogen-bond acceptors (Lipinski definition) is 1. The smallest absolute Gasteiger partial charge is 0.00951 e. The molecular formula is C13H25N. The summed E-state index contributed by atoms with van der Waals surface area (Å²) in [5.74, 6) is 0.958. The lowest BCUT2D eigenvalue weighted by Crippen LogP contribution is -2.42. The van der Waals surface area contributed by atoms with Gasteiger partial charge in [-0.15, -0.1) is 0 Å². The Labute approximate surface area is 88.7 Å². The maximum Gasteiger partial charge on any atom is 0.00951 e. The van der Waals surface area contributed by atoms with E-state index in [1.807, 2.05) is 0 Å². The van der Waals surface area contributed by atoms with Crippen molar-refractivity contribution in [2.45, 2.75) is 71.4 Å². The van der Waals surface area contributed by atoms with Gasteiger partial charge in [-0.3, -0.25) is 0 Å². The molecule has 0 aromatic heterocycles. The highest BCUT2D eigenvalue weighted by Gasteiger charge is 2.43. The Balaban J connectivity index is 1.78. The fourth-order valence-corrected chi connectivity index (χ4v) is 2.82. The van der Waals surface area contributed by atoms with Gasteiger partial charge in [0.25, 0.3) is 0 Å². The summed E-state index contributed by atoms with van der Waals surface area (Å²) in [6.45, 7) is 7.18. The van der Waals surface area contributed by atoms with E-state index in [4.69, 9.17) is 0 Å². The average molecular weight is 195 g/mol. The first-order chi connectivity index (χ1) is 6.62. The molecular weight excluding hydrogens is 170 g/mol. The zero-order valence-corrected chi connectivity index (χ0v) is 9.97. The molecule has 0 amide bonds. The molecule has 2 aliphatic carbocycles. The maximum absolute atomic E-state index is 3.82. The van der Waals surface area contributed by atoms with Crippen LogP contribution < -0.4 is 5.32 Å². The quantitative estimate of drug-likeness (QED) is 0.725. The summed E-state index contributed by atoms with van der Waals surface area (Å²) in [5, 5.41) is 3.82. The molecule has 2 saturated carbocycles. The molecule has 82 valence electrons. The molecule has 0 spiro atoms. The van der Waals surface area contributed by atoms with Crippen LogP contribution in [0.1, 0.15) is 59.3 Å². The Morgan fingerprint density at radius 3 is 2.21 bits per heavy atom. The van der Waals surface area contributed by atoms with Crippen molar-refractivity contribution >= 4 is 0 Å². The van der Waals surface area contributed by atoms with E-state index in [1.165, 1.54) is 38.5 Å². The van der Waals surface area contributed by atoms with Gasteiger partial charge in [0.1, 0.15) is 0 Å². The van der Waals surface area contributed by atoms with Crippen LogP contribution in [0, 0.1) is 11.3 Å². The Morgan fingerprint density at radius 1 is 1.14 bits per heavy atom. The monoisotopic (exact) mass is 195 g/mol. The predicted molar refractivity (Wildman–Crippen MR) is 61.4 cm³/mol. The minimum absolute atomic E-state index is 0.632. The average Bonchev–Trinajstić information content (AvgIpc) is 2.71. The fourth-order valence-electron chi connectivity index (χ4n) is 2.82. The zero-order chi connectivity index (χ0) is 10.2. The first kappa shape index (κ1) is 10.5. The lowest BCUT2D eigenvalue weighted by Gasteiger charge is -2.28. The number of hydrogen-bond donors (Lipinski definition) is 1. The normalized spacial score (nSPS) is 30.2. The predicted octanol–water partition coefficient (Wildman–Crippen LogP) is 3.34. The fraction of sp³-hybridized carbons (Fsp3) is 1.00. The van der Waals surface area contributed by atoms with Gasteiger partial charge in [0.15, 0.2) is 0 Å². The molecule has 2 unspecified atom stereocenters. The molecule has 14 heavy (non-hydrogen) atoms. The van der Waals surface area contributed by atoms with Crippen LogP contribution in [0.25, 0.3) is 0 Å². The summed E-state index contributed by atoms with van der Waals surface area (Å²) in [6, 6.07) is 1.46. The van der Waals surface area contributed by atoms with E-state index < -0.39 is 0 Å². The minimum atomic E-state index is 0.632. The number of nitrogens with one attached hydrogen (secondary N) is 1. The highest BCUT2D eigenvalue weighted by molar-refractivity contribution is 4.97. The van der Waals surface area contributed by atoms with Crippen LogP contribution in [0.4, 0.5) is 0 Å². The second-order valence-corrected chi connectivity index (χ2v) is 5.88. The van der Waals surface area contributed by atoms with Gasteiger partial charge in [0.05, 0.1) is 0 Å². The SMILES string of the molecule is CC(NC(C)C1(C)CC1)C1CCCC1. The van der Waals surface area contributed by atoms with Crippen LogP contribution in [0.5, 0.6) is 0 Å². The molecule has 0 bridgehead atoms. The van der Waals surface area contributed by atoms with Gasteiger partial charge < -0.3 is 5.32 Å². The van der Waals surface area contributed by atoms with Gasteiger partial charge in [0, 0.05) is 12.1 Å².